The molecular formula is C12H22ClNO. The molecule has 0 aromatic rings. The van der Waals surface area contributed by atoms with Gasteiger partial charge in [0.15, 0.2) is 0 Å². The molecule has 88 valence electrons. The third-order valence-corrected chi connectivity index (χ3v) is 3.51. The summed E-state index contributed by atoms with van der Waals surface area (Å²) in [5.74, 6) is 0.982. The fraction of sp³-hybridized carbons (Fsp3) is 0.917. The highest BCUT2D eigenvalue weighted by Gasteiger charge is 2.27. The first kappa shape index (κ1) is 12.8. The number of rotatable bonds is 4. The minimum absolute atomic E-state index is 0.315. The molecule has 2 nitrogen and oxygen atoms in total. The highest BCUT2D eigenvalue weighted by atomic mass is 35.5. The van der Waals surface area contributed by atoms with Crippen LogP contribution in [-0.2, 0) is 4.79 Å². The Bertz CT molecular complexity index is 206. The summed E-state index contributed by atoms with van der Waals surface area (Å²) < 4.78 is 0. The zero-order chi connectivity index (χ0) is 11.3. The summed E-state index contributed by atoms with van der Waals surface area (Å²) in [6.07, 6.45) is 4.82. The second-order valence-electron chi connectivity index (χ2n) is 5.19. The van der Waals surface area contributed by atoms with Crippen molar-refractivity contribution in [3.8, 4) is 0 Å². The van der Waals surface area contributed by atoms with Gasteiger partial charge in [0.05, 0.1) is 0 Å². The van der Waals surface area contributed by atoms with Gasteiger partial charge in [0, 0.05) is 25.4 Å². The lowest BCUT2D eigenvalue weighted by Gasteiger charge is -2.37. The number of carbonyl (C=O) groups is 1. The molecule has 0 bridgehead atoms. The molecule has 1 heterocycles. The normalized spacial score (nSPS) is 20.3. The van der Waals surface area contributed by atoms with Gasteiger partial charge in [-0.1, -0.05) is 13.8 Å². The van der Waals surface area contributed by atoms with E-state index in [1.807, 2.05) is 4.90 Å². The van der Waals surface area contributed by atoms with Crippen LogP contribution >= 0.6 is 11.6 Å². The Morgan fingerprint density at radius 3 is 2.40 bits per heavy atom. The second-order valence-corrected chi connectivity index (χ2v) is 5.57. The van der Waals surface area contributed by atoms with Crippen molar-refractivity contribution < 1.29 is 4.79 Å². The van der Waals surface area contributed by atoms with Crippen molar-refractivity contribution in [1.29, 1.82) is 0 Å². The first-order valence-corrected chi connectivity index (χ1v) is 6.42. The third kappa shape index (κ3) is 4.42. The van der Waals surface area contributed by atoms with Crippen molar-refractivity contribution in [3.63, 3.8) is 0 Å². The van der Waals surface area contributed by atoms with Gasteiger partial charge in [0.1, 0.15) is 0 Å². The topological polar surface area (TPSA) is 20.3 Å². The average molecular weight is 232 g/mol. The Kier molecular flexibility index (Phi) is 4.91. The van der Waals surface area contributed by atoms with Crippen LogP contribution in [0.1, 0.15) is 46.0 Å². The van der Waals surface area contributed by atoms with Crippen molar-refractivity contribution in [1.82, 2.24) is 4.90 Å². The number of halogens is 1. The molecule has 0 N–H and O–H groups in total. The van der Waals surface area contributed by atoms with E-state index in [0.717, 1.165) is 38.8 Å². The second kappa shape index (κ2) is 5.74. The number of unbranched alkanes of at least 4 members (excludes halogenated alkanes) is 1. The number of amides is 1. The highest BCUT2D eigenvalue weighted by molar-refractivity contribution is 6.17. The lowest BCUT2D eigenvalue weighted by atomic mass is 9.82. The van der Waals surface area contributed by atoms with Gasteiger partial charge >= 0.3 is 0 Å². The van der Waals surface area contributed by atoms with Gasteiger partial charge in [-0.2, -0.15) is 0 Å². The molecular weight excluding hydrogens is 210 g/mol. The van der Waals surface area contributed by atoms with Crippen LogP contribution in [0.25, 0.3) is 0 Å². The van der Waals surface area contributed by atoms with Crippen molar-refractivity contribution in [3.05, 3.63) is 0 Å². The maximum Gasteiger partial charge on any atom is 0.222 e. The molecule has 1 fully saturated rings. The summed E-state index contributed by atoms with van der Waals surface area (Å²) in [7, 11) is 0. The van der Waals surface area contributed by atoms with Gasteiger partial charge in [0.25, 0.3) is 0 Å². The molecule has 0 unspecified atom stereocenters. The average Bonchev–Trinajstić information content (AvgIpc) is 2.18. The van der Waals surface area contributed by atoms with Crippen LogP contribution < -0.4 is 0 Å². The molecule has 0 atom stereocenters. The van der Waals surface area contributed by atoms with Crippen LogP contribution in [0.3, 0.4) is 0 Å². The van der Waals surface area contributed by atoms with Crippen LogP contribution in [0.2, 0.25) is 0 Å². The minimum atomic E-state index is 0.315. The highest BCUT2D eigenvalue weighted by Crippen LogP contribution is 2.29. The number of carbonyl (C=O) groups excluding carboxylic acids is 1. The van der Waals surface area contributed by atoms with Crippen molar-refractivity contribution in [2.75, 3.05) is 19.0 Å². The van der Waals surface area contributed by atoms with E-state index >= 15 is 0 Å². The first-order valence-electron chi connectivity index (χ1n) is 5.89. The predicted octanol–water partition coefficient (Wildman–Crippen LogP) is 3.04. The number of hydrogen-bond acceptors (Lipinski definition) is 1. The third-order valence-electron chi connectivity index (χ3n) is 3.24. The van der Waals surface area contributed by atoms with Crippen molar-refractivity contribution in [2.24, 2.45) is 5.41 Å². The lowest BCUT2D eigenvalue weighted by molar-refractivity contribution is -0.133. The first-order chi connectivity index (χ1) is 7.05. The molecule has 1 saturated heterocycles. The van der Waals surface area contributed by atoms with E-state index in [4.69, 9.17) is 11.6 Å². The lowest BCUT2D eigenvalue weighted by Crippen LogP contribution is -2.41. The summed E-state index contributed by atoms with van der Waals surface area (Å²) in [5, 5.41) is 0. The van der Waals surface area contributed by atoms with Gasteiger partial charge in [-0.25, -0.2) is 0 Å². The molecule has 15 heavy (non-hydrogen) atoms. The molecule has 0 aromatic heterocycles. The number of piperidine rings is 1. The molecule has 1 aliphatic rings. The molecule has 1 rings (SSSR count). The molecule has 0 aliphatic carbocycles. The van der Waals surface area contributed by atoms with E-state index in [0.29, 0.717) is 23.6 Å². The Labute approximate surface area is 98.0 Å². The van der Waals surface area contributed by atoms with Gasteiger partial charge in [-0.15, -0.1) is 11.6 Å². The number of alkyl halides is 1. The zero-order valence-electron chi connectivity index (χ0n) is 9.89. The summed E-state index contributed by atoms with van der Waals surface area (Å²) in [4.78, 5) is 13.8. The molecule has 1 amide bonds. The predicted molar refractivity (Wildman–Crippen MR) is 64.2 cm³/mol. The summed E-state index contributed by atoms with van der Waals surface area (Å²) in [6.45, 7) is 6.43. The summed E-state index contributed by atoms with van der Waals surface area (Å²) >= 11 is 5.58. The van der Waals surface area contributed by atoms with E-state index in [1.54, 1.807) is 0 Å². The van der Waals surface area contributed by atoms with Gasteiger partial charge < -0.3 is 4.90 Å². The van der Waals surface area contributed by atoms with Crippen LogP contribution in [0.15, 0.2) is 0 Å². The minimum Gasteiger partial charge on any atom is -0.343 e. The Hall–Kier alpha value is -0.240. The number of likely N-dealkylation sites (tertiary alicyclic amines) is 1. The standard InChI is InChI=1S/C12H22ClNO/c1-12(2)6-9-14(10-7-12)11(15)5-3-4-8-13/h3-10H2,1-2H3. The maximum absolute atomic E-state index is 11.8. The molecule has 0 radical (unpaired) electrons. The Morgan fingerprint density at radius 2 is 1.87 bits per heavy atom. The van der Waals surface area contributed by atoms with Crippen molar-refractivity contribution >= 4 is 17.5 Å². The summed E-state index contributed by atoms with van der Waals surface area (Å²) in [6, 6.07) is 0. The SMILES string of the molecule is CC1(C)CCN(C(=O)CCCCCl)CC1. The fourth-order valence-electron chi connectivity index (χ4n) is 1.89. The Morgan fingerprint density at radius 1 is 1.27 bits per heavy atom. The molecule has 0 spiro atoms. The molecule has 1 aliphatic heterocycles. The molecule has 0 saturated carbocycles. The largest absolute Gasteiger partial charge is 0.343 e. The van der Waals surface area contributed by atoms with E-state index in [1.165, 1.54) is 0 Å². The van der Waals surface area contributed by atoms with E-state index in [2.05, 4.69) is 13.8 Å². The van der Waals surface area contributed by atoms with E-state index in [-0.39, 0.29) is 0 Å². The maximum atomic E-state index is 11.8. The summed E-state index contributed by atoms with van der Waals surface area (Å²) in [5.41, 5.74) is 0.424. The number of nitrogens with zero attached hydrogens (tertiary/aromatic N) is 1. The Balaban J connectivity index is 2.24. The van der Waals surface area contributed by atoms with Gasteiger partial charge in [-0.05, 0) is 31.1 Å². The molecule has 0 aromatic carbocycles. The van der Waals surface area contributed by atoms with Gasteiger partial charge in [-0.3, -0.25) is 4.79 Å². The van der Waals surface area contributed by atoms with Gasteiger partial charge in [0.2, 0.25) is 5.91 Å². The van der Waals surface area contributed by atoms with Crippen LogP contribution in [0.5, 0.6) is 0 Å². The van der Waals surface area contributed by atoms with Crippen LogP contribution in [0.4, 0.5) is 0 Å². The monoisotopic (exact) mass is 231 g/mol. The quantitative estimate of drug-likeness (QED) is 0.538. The van der Waals surface area contributed by atoms with E-state index < -0.39 is 0 Å². The fourth-order valence-corrected chi connectivity index (χ4v) is 2.08. The van der Waals surface area contributed by atoms with E-state index in [9.17, 15) is 4.79 Å². The molecule has 3 heteroatoms. The zero-order valence-corrected chi connectivity index (χ0v) is 10.6. The smallest absolute Gasteiger partial charge is 0.222 e. The van der Waals surface area contributed by atoms with Crippen molar-refractivity contribution in [2.45, 2.75) is 46.0 Å². The number of hydrogen-bond donors (Lipinski definition) is 0. The van der Waals surface area contributed by atoms with Crippen LogP contribution in [0, 0.1) is 5.41 Å². The van der Waals surface area contributed by atoms with Crippen LogP contribution in [-0.4, -0.2) is 29.8 Å².